The monoisotopic (exact) mass is 543 g/mol. The van der Waals surface area contributed by atoms with E-state index in [0.29, 0.717) is 36.3 Å². The predicted molar refractivity (Wildman–Crippen MR) is 149 cm³/mol. The quantitative estimate of drug-likeness (QED) is 0.195. The number of nitrogens with one attached hydrogen (secondary N) is 2. The van der Waals surface area contributed by atoms with E-state index in [9.17, 15) is 0 Å². The average Bonchev–Trinajstić information content (AvgIpc) is 3.31. The average molecular weight is 544 g/mol. The number of fused-ring (bicyclic) bond motifs is 1. The second-order valence-electron chi connectivity index (χ2n) is 10.9. The smallest absolute Gasteiger partial charge is 0.242 e. The summed E-state index contributed by atoms with van der Waals surface area (Å²) in [5.41, 5.74) is 2.98. The van der Waals surface area contributed by atoms with Gasteiger partial charge in [0.1, 0.15) is 24.7 Å². The third kappa shape index (κ3) is 6.37. The van der Waals surface area contributed by atoms with E-state index in [1.807, 2.05) is 48.7 Å². The number of epoxide rings is 1. The van der Waals surface area contributed by atoms with Crippen molar-refractivity contribution in [3.05, 3.63) is 65.7 Å². The number of ether oxygens (including phenoxy) is 3. The fraction of sp³-hybridized carbons (Fsp3) is 0.414. The minimum atomic E-state index is -0.701. The van der Waals surface area contributed by atoms with E-state index in [4.69, 9.17) is 18.7 Å². The zero-order chi connectivity index (χ0) is 27.6. The van der Waals surface area contributed by atoms with E-state index in [2.05, 4.69) is 63.4 Å². The summed E-state index contributed by atoms with van der Waals surface area (Å²) in [6, 6.07) is 13.4. The SMILES string of the molecule is CC(C)(C)c1cc(NC2(Nc3ccc(C#Cc4cc5nc(OCCN6CCOCC6)ccn5n4)cc3)CO2)no1. The van der Waals surface area contributed by atoms with Crippen LogP contribution in [0.5, 0.6) is 5.88 Å². The summed E-state index contributed by atoms with van der Waals surface area (Å²) < 4.78 is 24.1. The molecule has 0 amide bonds. The first-order chi connectivity index (χ1) is 19.3. The van der Waals surface area contributed by atoms with Crippen molar-refractivity contribution in [2.45, 2.75) is 32.0 Å². The summed E-state index contributed by atoms with van der Waals surface area (Å²) in [6.07, 6.45) is 1.84. The molecule has 208 valence electrons. The molecule has 0 radical (unpaired) electrons. The molecule has 2 fully saturated rings. The van der Waals surface area contributed by atoms with Crippen molar-refractivity contribution in [3.8, 4) is 17.7 Å². The zero-order valence-electron chi connectivity index (χ0n) is 22.9. The van der Waals surface area contributed by atoms with Crippen LogP contribution in [0.4, 0.5) is 11.5 Å². The summed E-state index contributed by atoms with van der Waals surface area (Å²) in [6.45, 7) is 11.6. The van der Waals surface area contributed by atoms with Gasteiger partial charge in [0.2, 0.25) is 11.7 Å². The van der Waals surface area contributed by atoms with E-state index >= 15 is 0 Å². The summed E-state index contributed by atoms with van der Waals surface area (Å²) in [5.74, 6) is 7.61. The highest BCUT2D eigenvalue weighted by atomic mass is 16.6. The fourth-order valence-electron chi connectivity index (χ4n) is 4.26. The van der Waals surface area contributed by atoms with Gasteiger partial charge in [0.25, 0.3) is 0 Å². The van der Waals surface area contributed by atoms with Crippen LogP contribution in [0.3, 0.4) is 0 Å². The largest absolute Gasteiger partial charge is 0.476 e. The van der Waals surface area contributed by atoms with Crippen LogP contribution in [0.2, 0.25) is 0 Å². The van der Waals surface area contributed by atoms with Gasteiger partial charge in [-0.25, -0.2) is 4.52 Å². The van der Waals surface area contributed by atoms with Crippen molar-refractivity contribution < 1.29 is 18.7 Å². The first kappa shape index (κ1) is 26.1. The Bertz CT molecular complexity index is 1520. The molecular weight excluding hydrogens is 510 g/mol. The standard InChI is InChI=1S/C29H33N7O4/c1-28(2,3)24-19-25(34-40-24)32-29(20-39-29)31-22-7-4-21(5-8-22)6-9-23-18-26-30-27(10-11-36(26)33-23)38-17-14-35-12-15-37-16-13-35/h4-5,7-8,10-11,18-19,31H,12-17,20H2,1-3H3,(H,32,34). The molecule has 2 N–H and O–H groups in total. The molecule has 40 heavy (non-hydrogen) atoms. The second-order valence-corrected chi connectivity index (χ2v) is 10.9. The highest BCUT2D eigenvalue weighted by Crippen LogP contribution is 2.32. The van der Waals surface area contributed by atoms with E-state index in [1.54, 1.807) is 4.52 Å². The van der Waals surface area contributed by atoms with Crippen LogP contribution in [0.1, 0.15) is 37.8 Å². The van der Waals surface area contributed by atoms with Crippen LogP contribution < -0.4 is 15.4 Å². The summed E-state index contributed by atoms with van der Waals surface area (Å²) in [7, 11) is 0. The molecule has 2 aliphatic rings. The van der Waals surface area contributed by atoms with E-state index < -0.39 is 5.85 Å². The lowest BCUT2D eigenvalue weighted by Gasteiger charge is -2.26. The molecular formula is C29H33N7O4. The zero-order valence-corrected chi connectivity index (χ0v) is 22.9. The molecule has 11 heteroatoms. The molecule has 0 aliphatic carbocycles. The molecule has 3 aromatic heterocycles. The molecule has 1 unspecified atom stereocenters. The molecule has 4 aromatic rings. The van der Waals surface area contributed by atoms with Crippen molar-refractivity contribution in [1.29, 1.82) is 0 Å². The van der Waals surface area contributed by atoms with Gasteiger partial charge in [-0.2, -0.15) is 10.1 Å². The van der Waals surface area contributed by atoms with Crippen molar-refractivity contribution in [3.63, 3.8) is 0 Å². The molecule has 11 nitrogen and oxygen atoms in total. The molecule has 0 bridgehead atoms. The third-order valence-corrected chi connectivity index (χ3v) is 6.64. The fourth-order valence-corrected chi connectivity index (χ4v) is 4.26. The Hall–Kier alpha value is -4.11. The van der Waals surface area contributed by atoms with Gasteiger partial charge in [-0.1, -0.05) is 31.8 Å². The first-order valence-corrected chi connectivity index (χ1v) is 13.4. The van der Waals surface area contributed by atoms with Crippen molar-refractivity contribution in [2.75, 3.05) is 56.7 Å². The van der Waals surface area contributed by atoms with Crippen LogP contribution >= 0.6 is 0 Å². The topological polar surface area (TPSA) is 115 Å². The first-order valence-electron chi connectivity index (χ1n) is 13.4. The number of anilines is 2. The van der Waals surface area contributed by atoms with E-state index in [-0.39, 0.29) is 5.41 Å². The number of aromatic nitrogens is 4. The van der Waals surface area contributed by atoms with Crippen LogP contribution in [-0.4, -0.2) is 76.6 Å². The molecule has 0 saturated carbocycles. The molecule has 1 atom stereocenters. The van der Waals surface area contributed by atoms with Gasteiger partial charge < -0.3 is 29.4 Å². The predicted octanol–water partition coefficient (Wildman–Crippen LogP) is 3.33. The molecule has 1 aromatic carbocycles. The molecule has 0 spiro atoms. The maximum absolute atomic E-state index is 5.85. The summed E-state index contributed by atoms with van der Waals surface area (Å²) >= 11 is 0. The molecule has 2 saturated heterocycles. The highest BCUT2D eigenvalue weighted by Gasteiger charge is 2.46. The number of rotatable bonds is 8. The van der Waals surface area contributed by atoms with Gasteiger partial charge in [0.15, 0.2) is 11.5 Å². The van der Waals surface area contributed by atoms with Gasteiger partial charge in [-0.3, -0.25) is 4.90 Å². The maximum atomic E-state index is 5.85. The molecule has 6 rings (SSSR count). The Morgan fingerprint density at radius 2 is 1.85 bits per heavy atom. The van der Waals surface area contributed by atoms with Gasteiger partial charge in [0.05, 0.1) is 13.2 Å². The number of nitrogens with zero attached hydrogens (tertiary/aromatic N) is 5. The Morgan fingerprint density at radius 1 is 1.05 bits per heavy atom. The van der Waals surface area contributed by atoms with Crippen molar-refractivity contribution in [2.24, 2.45) is 0 Å². The van der Waals surface area contributed by atoms with Gasteiger partial charge >= 0.3 is 0 Å². The van der Waals surface area contributed by atoms with Crippen LogP contribution in [0, 0.1) is 11.8 Å². The Labute approximate surface area is 232 Å². The van der Waals surface area contributed by atoms with E-state index in [1.165, 1.54) is 0 Å². The molecule has 5 heterocycles. The van der Waals surface area contributed by atoms with Gasteiger partial charge in [-0.05, 0) is 30.2 Å². The van der Waals surface area contributed by atoms with Crippen molar-refractivity contribution in [1.82, 2.24) is 24.7 Å². The van der Waals surface area contributed by atoms with Gasteiger partial charge in [-0.15, -0.1) is 0 Å². The normalized spacial score (nSPS) is 19.2. The minimum Gasteiger partial charge on any atom is -0.476 e. The third-order valence-electron chi connectivity index (χ3n) is 6.64. The van der Waals surface area contributed by atoms with Crippen LogP contribution in [-0.2, 0) is 14.9 Å². The van der Waals surface area contributed by atoms with Crippen LogP contribution in [0.15, 0.2) is 53.2 Å². The Balaban J connectivity index is 1.04. The minimum absolute atomic E-state index is 0.116. The lowest BCUT2D eigenvalue weighted by Crippen LogP contribution is -2.38. The van der Waals surface area contributed by atoms with Gasteiger partial charge in [0, 0.05) is 60.7 Å². The Morgan fingerprint density at radius 3 is 2.58 bits per heavy atom. The maximum Gasteiger partial charge on any atom is 0.242 e. The number of hydrogen-bond donors (Lipinski definition) is 2. The Kier molecular flexibility index (Phi) is 7.06. The number of hydrogen-bond acceptors (Lipinski definition) is 10. The van der Waals surface area contributed by atoms with Crippen LogP contribution in [0.25, 0.3) is 5.65 Å². The number of benzene rings is 1. The number of morpholine rings is 1. The van der Waals surface area contributed by atoms with Crippen molar-refractivity contribution >= 4 is 17.2 Å². The molecule has 2 aliphatic heterocycles. The lowest BCUT2D eigenvalue weighted by atomic mass is 9.93. The summed E-state index contributed by atoms with van der Waals surface area (Å²) in [5, 5.41) is 15.3. The second kappa shape index (κ2) is 10.8. The summed E-state index contributed by atoms with van der Waals surface area (Å²) in [4.78, 5) is 6.89. The highest BCUT2D eigenvalue weighted by molar-refractivity contribution is 5.54. The lowest BCUT2D eigenvalue weighted by molar-refractivity contribution is 0.0320. The van der Waals surface area contributed by atoms with E-state index in [0.717, 1.165) is 49.9 Å².